The van der Waals surface area contributed by atoms with E-state index in [1.807, 2.05) is 0 Å². The molecule has 4 rings (SSSR count). The van der Waals surface area contributed by atoms with Crippen LogP contribution >= 0.6 is 0 Å². The first-order valence-corrected chi connectivity index (χ1v) is 9.14. The summed E-state index contributed by atoms with van der Waals surface area (Å²) in [4.78, 5) is 15.4. The lowest BCUT2D eigenvalue weighted by Crippen LogP contribution is -2.21. The van der Waals surface area contributed by atoms with Gasteiger partial charge in [-0.15, -0.1) is 18.3 Å². The van der Waals surface area contributed by atoms with Crippen molar-refractivity contribution in [1.82, 2.24) is 14.8 Å². The fraction of sp³-hybridized carbons (Fsp3) is 0.250. The molecule has 0 saturated carbocycles. The van der Waals surface area contributed by atoms with Gasteiger partial charge in [0, 0.05) is 17.7 Å². The molecule has 1 fully saturated rings. The van der Waals surface area contributed by atoms with E-state index in [1.165, 1.54) is 28.9 Å². The monoisotopic (exact) mass is 418 g/mol. The lowest BCUT2D eigenvalue weighted by Gasteiger charge is -2.13. The van der Waals surface area contributed by atoms with E-state index in [4.69, 9.17) is 4.74 Å². The van der Waals surface area contributed by atoms with E-state index < -0.39 is 6.36 Å². The Morgan fingerprint density at radius 3 is 2.47 bits per heavy atom. The van der Waals surface area contributed by atoms with Crippen molar-refractivity contribution in [2.24, 2.45) is 0 Å². The van der Waals surface area contributed by atoms with Gasteiger partial charge in [0.2, 0.25) is 5.95 Å². The number of aromatic nitrogens is 3. The summed E-state index contributed by atoms with van der Waals surface area (Å²) in [6, 6.07) is 12.2. The van der Waals surface area contributed by atoms with Crippen molar-refractivity contribution < 1.29 is 27.4 Å². The van der Waals surface area contributed by atoms with Gasteiger partial charge in [-0.25, -0.2) is 0 Å². The van der Waals surface area contributed by atoms with Gasteiger partial charge in [0.05, 0.1) is 18.3 Å². The summed E-state index contributed by atoms with van der Waals surface area (Å²) in [6.45, 7) is 1.16. The first kappa shape index (κ1) is 19.9. The van der Waals surface area contributed by atoms with E-state index in [0.29, 0.717) is 41.8 Å². The van der Waals surface area contributed by atoms with Crippen molar-refractivity contribution in [3.05, 3.63) is 54.1 Å². The highest BCUT2D eigenvalue weighted by atomic mass is 19.4. The molecule has 0 spiro atoms. The van der Waals surface area contributed by atoms with E-state index in [9.17, 15) is 18.0 Å². The van der Waals surface area contributed by atoms with E-state index in [0.717, 1.165) is 12.7 Å². The third kappa shape index (κ3) is 4.60. The Labute approximate surface area is 169 Å². The molecule has 2 aromatic carbocycles. The number of carbonyl (C=O) groups excluding carboxylic acids is 1. The molecule has 10 heteroatoms. The van der Waals surface area contributed by atoms with Crippen LogP contribution in [0.25, 0.3) is 17.1 Å². The Balaban J connectivity index is 1.67. The molecule has 1 aliphatic rings. The predicted molar refractivity (Wildman–Crippen MR) is 102 cm³/mol. The molecule has 1 aliphatic heterocycles. The molecule has 2 heterocycles. The van der Waals surface area contributed by atoms with Gasteiger partial charge >= 0.3 is 6.36 Å². The van der Waals surface area contributed by atoms with Crippen LogP contribution in [-0.4, -0.2) is 46.7 Å². The van der Waals surface area contributed by atoms with Crippen LogP contribution in [0.5, 0.6) is 5.75 Å². The van der Waals surface area contributed by atoms with Gasteiger partial charge in [-0.2, -0.15) is 9.67 Å². The smallest absolute Gasteiger partial charge is 0.406 e. The third-order valence-electron chi connectivity index (χ3n) is 4.49. The SMILES string of the molecule is O=Cc1ccc(-c2nc(NC3CCOC3)n(-c3ccc(OC(F)(F)F)cc3)n2)cc1. The number of nitrogens with zero attached hydrogens (tertiary/aromatic N) is 3. The van der Waals surface area contributed by atoms with Crippen LogP contribution in [0.15, 0.2) is 48.5 Å². The standard InChI is InChI=1S/C20H17F3N4O3/c21-20(22,23)30-17-7-5-16(6-8-17)27-19(24-15-9-10-29-12-15)25-18(26-27)14-3-1-13(11-28)2-4-14/h1-8,11,15H,9-10,12H2,(H,24,25,26). The lowest BCUT2D eigenvalue weighted by atomic mass is 10.1. The quantitative estimate of drug-likeness (QED) is 0.613. The third-order valence-corrected chi connectivity index (χ3v) is 4.49. The maximum absolute atomic E-state index is 12.4. The minimum Gasteiger partial charge on any atom is -0.406 e. The van der Waals surface area contributed by atoms with Crippen molar-refractivity contribution in [2.45, 2.75) is 18.8 Å². The number of rotatable bonds is 6. The topological polar surface area (TPSA) is 78.3 Å². The largest absolute Gasteiger partial charge is 0.573 e. The molecule has 1 aromatic heterocycles. The fourth-order valence-electron chi connectivity index (χ4n) is 3.04. The lowest BCUT2D eigenvalue weighted by molar-refractivity contribution is -0.274. The van der Waals surface area contributed by atoms with Crippen molar-refractivity contribution in [3.8, 4) is 22.8 Å². The molecule has 1 atom stereocenters. The van der Waals surface area contributed by atoms with Crippen LogP contribution in [0.1, 0.15) is 16.8 Å². The number of anilines is 1. The minimum absolute atomic E-state index is 0.0473. The van der Waals surface area contributed by atoms with E-state index in [2.05, 4.69) is 20.1 Å². The molecule has 0 radical (unpaired) electrons. The second-order valence-corrected chi connectivity index (χ2v) is 6.66. The second-order valence-electron chi connectivity index (χ2n) is 6.66. The number of carbonyl (C=O) groups is 1. The fourth-order valence-corrected chi connectivity index (χ4v) is 3.04. The summed E-state index contributed by atoms with van der Waals surface area (Å²) in [5.74, 6) is 0.517. The Hall–Kier alpha value is -3.40. The van der Waals surface area contributed by atoms with Crippen molar-refractivity contribution in [1.29, 1.82) is 0 Å². The zero-order chi connectivity index (χ0) is 21.1. The van der Waals surface area contributed by atoms with Crippen LogP contribution in [0.2, 0.25) is 0 Å². The Morgan fingerprint density at radius 1 is 1.13 bits per heavy atom. The first-order chi connectivity index (χ1) is 14.4. The molecule has 0 aliphatic carbocycles. The molecular formula is C20H17F3N4O3. The molecule has 1 unspecified atom stereocenters. The highest BCUT2D eigenvalue weighted by Gasteiger charge is 2.31. The summed E-state index contributed by atoms with van der Waals surface area (Å²) in [7, 11) is 0. The molecule has 0 amide bonds. The molecule has 1 N–H and O–H groups in total. The van der Waals surface area contributed by atoms with E-state index in [1.54, 1.807) is 24.3 Å². The zero-order valence-corrected chi connectivity index (χ0v) is 15.6. The van der Waals surface area contributed by atoms with Crippen molar-refractivity contribution >= 4 is 12.2 Å². The zero-order valence-electron chi connectivity index (χ0n) is 15.6. The average Bonchev–Trinajstić information content (AvgIpc) is 3.38. The Bertz CT molecular complexity index is 1010. The molecular weight excluding hydrogens is 401 g/mol. The number of aldehydes is 1. The summed E-state index contributed by atoms with van der Waals surface area (Å²) >= 11 is 0. The maximum Gasteiger partial charge on any atom is 0.573 e. The summed E-state index contributed by atoms with van der Waals surface area (Å²) in [5, 5.41) is 7.77. The van der Waals surface area contributed by atoms with Gasteiger partial charge in [0.25, 0.3) is 0 Å². The number of benzene rings is 2. The predicted octanol–water partition coefficient (Wildman–Crippen LogP) is 3.85. The summed E-state index contributed by atoms with van der Waals surface area (Å²) in [6.07, 6.45) is -3.22. The van der Waals surface area contributed by atoms with Gasteiger partial charge in [0.15, 0.2) is 5.82 Å². The van der Waals surface area contributed by atoms with E-state index >= 15 is 0 Å². The molecule has 30 heavy (non-hydrogen) atoms. The second kappa shape index (κ2) is 8.15. The summed E-state index contributed by atoms with van der Waals surface area (Å²) in [5.41, 5.74) is 1.73. The average molecular weight is 418 g/mol. The number of hydrogen-bond donors (Lipinski definition) is 1. The van der Waals surface area contributed by atoms with Gasteiger partial charge in [-0.05, 0) is 30.7 Å². The number of ether oxygens (including phenoxy) is 2. The van der Waals surface area contributed by atoms with Crippen LogP contribution in [0.4, 0.5) is 19.1 Å². The molecule has 156 valence electrons. The number of alkyl halides is 3. The van der Waals surface area contributed by atoms with Crippen LogP contribution in [0, 0.1) is 0 Å². The molecule has 7 nitrogen and oxygen atoms in total. The maximum atomic E-state index is 12.4. The molecule has 3 aromatic rings. The first-order valence-electron chi connectivity index (χ1n) is 9.14. The number of nitrogens with one attached hydrogen (secondary N) is 1. The molecule has 0 bridgehead atoms. The van der Waals surface area contributed by atoms with Crippen LogP contribution in [0.3, 0.4) is 0 Å². The highest BCUT2D eigenvalue weighted by Crippen LogP contribution is 2.26. The van der Waals surface area contributed by atoms with Gasteiger partial charge in [-0.3, -0.25) is 4.79 Å². The van der Waals surface area contributed by atoms with Gasteiger partial charge in [0.1, 0.15) is 12.0 Å². The van der Waals surface area contributed by atoms with E-state index in [-0.39, 0.29) is 11.8 Å². The Morgan fingerprint density at radius 2 is 1.87 bits per heavy atom. The van der Waals surface area contributed by atoms with Crippen molar-refractivity contribution in [2.75, 3.05) is 18.5 Å². The Kier molecular flexibility index (Phi) is 5.40. The van der Waals surface area contributed by atoms with Crippen molar-refractivity contribution in [3.63, 3.8) is 0 Å². The molecule has 1 saturated heterocycles. The highest BCUT2D eigenvalue weighted by molar-refractivity contribution is 5.76. The number of halogens is 3. The normalized spacial score (nSPS) is 16.4. The minimum atomic E-state index is -4.76. The van der Waals surface area contributed by atoms with Crippen LogP contribution < -0.4 is 10.1 Å². The van der Waals surface area contributed by atoms with Gasteiger partial charge < -0.3 is 14.8 Å². The van der Waals surface area contributed by atoms with Crippen LogP contribution in [-0.2, 0) is 4.74 Å². The number of hydrogen-bond acceptors (Lipinski definition) is 6. The van der Waals surface area contributed by atoms with Gasteiger partial charge in [-0.1, -0.05) is 24.3 Å². The summed E-state index contributed by atoms with van der Waals surface area (Å²) < 4.78 is 48.0.